The molecule has 0 radical (unpaired) electrons. The van der Waals surface area contributed by atoms with Gasteiger partial charge < -0.3 is 20.2 Å². The van der Waals surface area contributed by atoms with E-state index in [-0.39, 0.29) is 16.7 Å². The second-order valence-corrected chi connectivity index (χ2v) is 6.97. The van der Waals surface area contributed by atoms with Crippen LogP contribution in [0.2, 0.25) is 0 Å². The van der Waals surface area contributed by atoms with Crippen molar-refractivity contribution in [2.24, 2.45) is 5.73 Å². The molecule has 2 aromatic heterocycles. The van der Waals surface area contributed by atoms with E-state index < -0.39 is 16.1 Å². The zero-order valence-electron chi connectivity index (χ0n) is 13.5. The summed E-state index contributed by atoms with van der Waals surface area (Å²) in [5.74, 6) is 0.191. The topological polar surface area (TPSA) is 136 Å². The van der Waals surface area contributed by atoms with Gasteiger partial charge in [0.2, 0.25) is 15.9 Å². The number of carbonyl (C=O) groups excluding carboxylic acids is 1. The molecule has 0 saturated carbocycles. The van der Waals surface area contributed by atoms with Crippen LogP contribution in [0.5, 0.6) is 11.8 Å². The minimum Gasteiger partial charge on any atom is -0.478 e. The number of amides is 1. The maximum Gasteiger partial charge on any atom is 0.411 e. The lowest BCUT2D eigenvalue weighted by molar-refractivity contribution is 0.209. The van der Waals surface area contributed by atoms with Crippen molar-refractivity contribution in [3.63, 3.8) is 0 Å². The van der Waals surface area contributed by atoms with Crippen molar-refractivity contribution in [3.05, 3.63) is 24.3 Å². The van der Waals surface area contributed by atoms with E-state index in [9.17, 15) is 13.2 Å². The summed E-state index contributed by atoms with van der Waals surface area (Å²) in [6, 6.07) is 6.24. The molecule has 1 aromatic carbocycles. The molecule has 2 heterocycles. The van der Waals surface area contributed by atoms with Gasteiger partial charge in [-0.05, 0) is 32.2 Å². The first kappa shape index (κ1) is 17.0. The molecule has 10 heteroatoms. The Morgan fingerprint density at radius 3 is 2.72 bits per heavy atom. The number of carbonyl (C=O) groups is 1. The van der Waals surface area contributed by atoms with Gasteiger partial charge in [0.25, 0.3) is 5.88 Å². The third-order valence-corrected chi connectivity index (χ3v) is 4.98. The second kappa shape index (κ2) is 6.22. The Balaban J connectivity index is 2.32. The minimum absolute atomic E-state index is 0.0392. The fourth-order valence-electron chi connectivity index (χ4n) is 2.50. The smallest absolute Gasteiger partial charge is 0.411 e. The van der Waals surface area contributed by atoms with Crippen molar-refractivity contribution < 1.29 is 22.7 Å². The molecule has 0 spiro atoms. The quantitative estimate of drug-likeness (QED) is 0.627. The average molecular weight is 364 g/mol. The Kier molecular flexibility index (Phi) is 4.23. The van der Waals surface area contributed by atoms with Crippen LogP contribution in [0.15, 0.2) is 29.2 Å². The number of fused-ring (bicyclic) bond motifs is 3. The van der Waals surface area contributed by atoms with E-state index in [0.29, 0.717) is 28.4 Å². The minimum atomic E-state index is -3.60. The van der Waals surface area contributed by atoms with Gasteiger partial charge in [0, 0.05) is 22.4 Å². The molecule has 132 valence electrons. The maximum absolute atomic E-state index is 12.0. The predicted octanol–water partition coefficient (Wildman–Crippen LogP) is 1.48. The molecule has 9 nitrogen and oxygen atoms in total. The number of hydrogen-bond acceptors (Lipinski definition) is 6. The van der Waals surface area contributed by atoms with Crippen molar-refractivity contribution in [1.29, 1.82) is 0 Å². The summed E-state index contributed by atoms with van der Waals surface area (Å²) in [5, 5.41) is 1.21. The number of ether oxygens (including phenoxy) is 2. The summed E-state index contributed by atoms with van der Waals surface area (Å²) in [6.07, 6.45) is -1.01. The van der Waals surface area contributed by atoms with Crippen LogP contribution in [0.4, 0.5) is 4.79 Å². The summed E-state index contributed by atoms with van der Waals surface area (Å²) in [5.41, 5.74) is 6.15. The van der Waals surface area contributed by atoms with E-state index in [2.05, 4.69) is 14.7 Å². The van der Waals surface area contributed by atoms with Crippen molar-refractivity contribution in [2.75, 3.05) is 13.7 Å². The van der Waals surface area contributed by atoms with Gasteiger partial charge in [-0.1, -0.05) is 0 Å². The molecule has 0 fully saturated rings. The van der Waals surface area contributed by atoms with Gasteiger partial charge in [-0.3, -0.25) is 0 Å². The van der Waals surface area contributed by atoms with Gasteiger partial charge in [-0.15, -0.1) is 0 Å². The zero-order chi connectivity index (χ0) is 18.2. The molecule has 3 aromatic rings. The molecular formula is C15H16N4O5S. The van der Waals surface area contributed by atoms with Crippen LogP contribution in [-0.4, -0.2) is 38.1 Å². The lowest BCUT2D eigenvalue weighted by Crippen LogP contribution is -2.18. The first-order valence-electron chi connectivity index (χ1n) is 7.36. The van der Waals surface area contributed by atoms with E-state index >= 15 is 0 Å². The van der Waals surface area contributed by atoms with Crippen molar-refractivity contribution >= 4 is 37.9 Å². The number of nitrogens with zero attached hydrogens (tertiary/aromatic N) is 1. The summed E-state index contributed by atoms with van der Waals surface area (Å²) >= 11 is 0. The van der Waals surface area contributed by atoms with Crippen molar-refractivity contribution in [3.8, 4) is 11.8 Å². The maximum atomic E-state index is 12.0. The summed E-state index contributed by atoms with van der Waals surface area (Å²) in [6.45, 7) is 2.14. The van der Waals surface area contributed by atoms with E-state index in [1.165, 1.54) is 19.2 Å². The first-order chi connectivity index (χ1) is 11.9. The van der Waals surface area contributed by atoms with E-state index in [1.807, 2.05) is 0 Å². The summed E-state index contributed by atoms with van der Waals surface area (Å²) in [4.78, 5) is 18.4. The molecule has 1 amide bonds. The fourth-order valence-corrected chi connectivity index (χ4v) is 3.25. The van der Waals surface area contributed by atoms with Gasteiger partial charge in [0.15, 0.2) is 0 Å². The fraction of sp³-hybridized carbons (Fsp3) is 0.200. The number of aromatic amines is 1. The van der Waals surface area contributed by atoms with Crippen LogP contribution in [0.1, 0.15) is 6.92 Å². The number of aromatic nitrogens is 2. The highest BCUT2D eigenvalue weighted by atomic mass is 32.2. The third-order valence-electron chi connectivity index (χ3n) is 3.57. The lowest BCUT2D eigenvalue weighted by atomic mass is 10.2. The Morgan fingerprint density at radius 1 is 1.32 bits per heavy atom. The number of nitrogens with two attached hydrogens (primary N) is 1. The molecule has 0 aliphatic heterocycles. The number of primary amides is 1. The van der Waals surface area contributed by atoms with Gasteiger partial charge in [0.05, 0.1) is 11.5 Å². The molecule has 0 aliphatic carbocycles. The van der Waals surface area contributed by atoms with Crippen LogP contribution in [0.3, 0.4) is 0 Å². The third kappa shape index (κ3) is 3.08. The largest absolute Gasteiger partial charge is 0.478 e. The first-order valence-corrected chi connectivity index (χ1v) is 8.84. The highest BCUT2D eigenvalue weighted by Gasteiger charge is 2.18. The Morgan fingerprint density at radius 2 is 2.08 bits per heavy atom. The molecule has 0 unspecified atom stereocenters. The zero-order valence-corrected chi connectivity index (χ0v) is 14.3. The van der Waals surface area contributed by atoms with Crippen LogP contribution >= 0.6 is 0 Å². The highest BCUT2D eigenvalue weighted by molar-refractivity contribution is 7.89. The van der Waals surface area contributed by atoms with Crippen molar-refractivity contribution in [1.82, 2.24) is 14.7 Å². The molecular weight excluding hydrogens is 348 g/mol. The lowest BCUT2D eigenvalue weighted by Gasteiger charge is -2.06. The monoisotopic (exact) mass is 364 g/mol. The Bertz CT molecular complexity index is 1070. The number of rotatable bonds is 5. The SMILES string of the molecule is CCOc1cc2c([nH]c3ccc(S(=O)(=O)NC)cc32)c(OC(N)=O)n1. The van der Waals surface area contributed by atoms with E-state index in [4.69, 9.17) is 15.2 Å². The molecule has 0 bridgehead atoms. The van der Waals surface area contributed by atoms with Gasteiger partial charge in [-0.2, -0.15) is 4.98 Å². The van der Waals surface area contributed by atoms with Crippen molar-refractivity contribution in [2.45, 2.75) is 11.8 Å². The van der Waals surface area contributed by atoms with Crippen LogP contribution < -0.4 is 19.9 Å². The molecule has 0 aliphatic rings. The summed E-state index contributed by atoms with van der Waals surface area (Å²) < 4.78 is 36.7. The Hall–Kier alpha value is -2.85. The number of hydrogen-bond donors (Lipinski definition) is 3. The predicted molar refractivity (Wildman–Crippen MR) is 91.2 cm³/mol. The van der Waals surface area contributed by atoms with Gasteiger partial charge in [-0.25, -0.2) is 17.9 Å². The number of benzene rings is 1. The Labute approximate surface area is 143 Å². The number of H-pyrrole nitrogens is 1. The summed E-state index contributed by atoms with van der Waals surface area (Å²) in [7, 11) is -2.26. The standard InChI is InChI=1S/C15H16N4O5S/c1-3-23-12-7-10-9-6-8(25(21,22)17-2)4-5-11(9)18-13(10)14(19-12)24-15(16)20/h4-7,17-18H,3H2,1-2H3,(H2,16,20). The van der Waals surface area contributed by atoms with Crippen LogP contribution in [-0.2, 0) is 10.0 Å². The normalized spacial score (nSPS) is 11.8. The van der Waals surface area contributed by atoms with E-state index in [0.717, 1.165) is 0 Å². The van der Waals surface area contributed by atoms with Gasteiger partial charge in [0.1, 0.15) is 5.52 Å². The molecule has 3 rings (SSSR count). The van der Waals surface area contributed by atoms with Gasteiger partial charge >= 0.3 is 6.09 Å². The number of sulfonamides is 1. The van der Waals surface area contributed by atoms with Crippen LogP contribution in [0, 0.1) is 0 Å². The second-order valence-electron chi connectivity index (χ2n) is 5.08. The van der Waals surface area contributed by atoms with E-state index in [1.54, 1.807) is 19.1 Å². The molecule has 0 atom stereocenters. The number of nitrogens with one attached hydrogen (secondary N) is 2. The molecule has 25 heavy (non-hydrogen) atoms. The average Bonchev–Trinajstić information content (AvgIpc) is 2.93. The molecule has 4 N–H and O–H groups in total. The number of pyridine rings is 1. The van der Waals surface area contributed by atoms with Crippen LogP contribution in [0.25, 0.3) is 21.8 Å². The molecule has 0 saturated heterocycles. The highest BCUT2D eigenvalue weighted by Crippen LogP contribution is 2.34.